The number of aromatic nitrogens is 2. The van der Waals surface area contributed by atoms with Crippen LogP contribution in [0, 0.1) is 5.82 Å². The Bertz CT molecular complexity index is 1270. The van der Waals surface area contributed by atoms with Gasteiger partial charge in [0.25, 0.3) is 0 Å². The fourth-order valence-electron chi connectivity index (χ4n) is 3.11. The van der Waals surface area contributed by atoms with Crippen molar-refractivity contribution in [1.82, 2.24) is 9.55 Å². The second-order valence-electron chi connectivity index (χ2n) is 7.03. The number of nitrogens with one attached hydrogen (secondary N) is 2. The van der Waals surface area contributed by atoms with E-state index in [1.165, 1.54) is 12.1 Å². The van der Waals surface area contributed by atoms with Gasteiger partial charge in [-0.25, -0.2) is 14.2 Å². The zero-order valence-corrected chi connectivity index (χ0v) is 18.2. The molecule has 0 atom stereocenters. The summed E-state index contributed by atoms with van der Waals surface area (Å²) in [6, 6.07) is 17.8. The summed E-state index contributed by atoms with van der Waals surface area (Å²) in [7, 11) is 0. The normalized spacial score (nSPS) is 10.7. The lowest BCUT2D eigenvalue weighted by Crippen LogP contribution is -2.19. The van der Waals surface area contributed by atoms with E-state index in [1.54, 1.807) is 53.1 Å². The van der Waals surface area contributed by atoms with Crippen molar-refractivity contribution in [3.63, 3.8) is 0 Å². The molecule has 9 heteroatoms. The number of nitrogen functional groups attached to an aromatic ring is 1. The van der Waals surface area contributed by atoms with Crippen molar-refractivity contribution in [2.75, 3.05) is 16.4 Å². The van der Waals surface area contributed by atoms with Crippen molar-refractivity contribution in [1.29, 1.82) is 0 Å². The van der Waals surface area contributed by atoms with Crippen molar-refractivity contribution >= 4 is 46.6 Å². The Balaban J connectivity index is 1.47. The Labute approximate surface area is 193 Å². The number of nitrogens with two attached hydrogens (primary N) is 1. The molecule has 162 valence electrons. The van der Waals surface area contributed by atoms with Crippen LogP contribution in [-0.2, 0) is 6.54 Å². The van der Waals surface area contributed by atoms with E-state index in [-0.39, 0.29) is 5.82 Å². The summed E-state index contributed by atoms with van der Waals surface area (Å²) in [4.78, 5) is 16.8. The van der Waals surface area contributed by atoms with Crippen molar-refractivity contribution in [2.45, 2.75) is 6.54 Å². The Morgan fingerprint density at radius 1 is 0.969 bits per heavy atom. The molecule has 0 spiro atoms. The number of carbonyl (C=O) groups excluding carboxylic acids is 1. The molecule has 0 radical (unpaired) electrons. The first kappa shape index (κ1) is 21.7. The van der Waals surface area contributed by atoms with Crippen LogP contribution in [0.25, 0.3) is 11.3 Å². The number of benzene rings is 3. The van der Waals surface area contributed by atoms with E-state index < -0.39 is 6.03 Å². The van der Waals surface area contributed by atoms with Crippen molar-refractivity contribution < 1.29 is 9.18 Å². The van der Waals surface area contributed by atoms with Crippen molar-refractivity contribution in [2.24, 2.45) is 0 Å². The third-order valence-corrected chi connectivity index (χ3v) is 5.41. The van der Waals surface area contributed by atoms with E-state index in [2.05, 4.69) is 15.6 Å². The van der Waals surface area contributed by atoms with Gasteiger partial charge in [-0.05, 0) is 48.0 Å². The summed E-state index contributed by atoms with van der Waals surface area (Å²) in [6.07, 6.45) is 1.81. The molecule has 0 aliphatic carbocycles. The van der Waals surface area contributed by atoms with Crippen LogP contribution in [0.1, 0.15) is 5.56 Å². The number of carbonyl (C=O) groups is 1. The molecule has 0 fully saturated rings. The van der Waals surface area contributed by atoms with E-state index in [9.17, 15) is 9.18 Å². The molecular formula is C23H18Cl2FN5O. The highest BCUT2D eigenvalue weighted by atomic mass is 35.5. The van der Waals surface area contributed by atoms with Gasteiger partial charge in [-0.3, -0.25) is 0 Å². The number of nitrogens with zero attached hydrogens (tertiary/aromatic N) is 2. The van der Waals surface area contributed by atoms with Crippen molar-refractivity contribution in [3.05, 3.63) is 94.4 Å². The standard InChI is InChI=1S/C23H18Cl2FN5O/c24-19-9-8-18(11-20(19)25)29-23(32)28-17-3-1-2-15(10-17)21-13-31(22(27)30-21)12-14-4-6-16(26)7-5-14/h1-11,13H,12H2,(H2,27,30)(H2,28,29,32). The van der Waals surface area contributed by atoms with Gasteiger partial charge in [-0.2, -0.15) is 0 Å². The number of anilines is 3. The van der Waals surface area contributed by atoms with Crippen LogP contribution in [0.4, 0.5) is 26.5 Å². The van der Waals surface area contributed by atoms with Gasteiger partial charge in [0.05, 0.1) is 22.3 Å². The second kappa shape index (κ2) is 9.30. The van der Waals surface area contributed by atoms with Gasteiger partial charge in [-0.1, -0.05) is 47.5 Å². The molecule has 4 aromatic rings. The highest BCUT2D eigenvalue weighted by Gasteiger charge is 2.10. The molecule has 2 amide bonds. The number of imidazole rings is 1. The van der Waals surface area contributed by atoms with Gasteiger partial charge >= 0.3 is 6.03 Å². The zero-order chi connectivity index (χ0) is 22.7. The first-order chi connectivity index (χ1) is 15.4. The maximum absolute atomic E-state index is 13.1. The van der Waals surface area contributed by atoms with E-state index in [0.29, 0.717) is 39.6 Å². The number of amides is 2. The minimum atomic E-state index is -0.429. The zero-order valence-electron chi connectivity index (χ0n) is 16.6. The highest BCUT2D eigenvalue weighted by Crippen LogP contribution is 2.26. The maximum Gasteiger partial charge on any atom is 0.323 e. The SMILES string of the molecule is Nc1nc(-c2cccc(NC(=O)Nc3ccc(Cl)c(Cl)c3)c2)cn1Cc1ccc(F)cc1. The molecule has 0 aliphatic heterocycles. The number of halogens is 3. The summed E-state index contributed by atoms with van der Waals surface area (Å²) < 4.78 is 14.9. The second-order valence-corrected chi connectivity index (χ2v) is 7.84. The molecule has 0 saturated carbocycles. The number of hydrogen-bond donors (Lipinski definition) is 3. The Morgan fingerprint density at radius 2 is 1.69 bits per heavy atom. The molecule has 6 nitrogen and oxygen atoms in total. The van der Waals surface area contributed by atoms with Gasteiger partial charge < -0.3 is 20.9 Å². The number of rotatable bonds is 5. The molecule has 0 aliphatic rings. The quantitative estimate of drug-likeness (QED) is 0.321. The van der Waals surface area contributed by atoms with Crippen molar-refractivity contribution in [3.8, 4) is 11.3 Å². The summed E-state index contributed by atoms with van der Waals surface area (Å²) in [5.74, 6) is 0.0422. The Morgan fingerprint density at radius 3 is 2.41 bits per heavy atom. The van der Waals surface area contributed by atoms with Crippen LogP contribution in [0.15, 0.2) is 72.9 Å². The average Bonchev–Trinajstić information content (AvgIpc) is 3.13. The molecular weight excluding hydrogens is 452 g/mol. The minimum absolute atomic E-state index is 0.291. The third-order valence-electron chi connectivity index (χ3n) is 4.67. The van der Waals surface area contributed by atoms with E-state index in [1.807, 2.05) is 12.3 Å². The lowest BCUT2D eigenvalue weighted by molar-refractivity contribution is 0.262. The molecule has 1 aromatic heterocycles. The average molecular weight is 470 g/mol. The van der Waals surface area contributed by atoms with Gasteiger partial charge in [0.2, 0.25) is 5.95 Å². The lowest BCUT2D eigenvalue weighted by Gasteiger charge is -2.09. The fraction of sp³-hybridized carbons (Fsp3) is 0.0435. The largest absolute Gasteiger partial charge is 0.369 e. The predicted octanol–water partition coefficient (Wildman–Crippen LogP) is 6.27. The van der Waals surface area contributed by atoms with Gasteiger partial charge in [-0.15, -0.1) is 0 Å². The summed E-state index contributed by atoms with van der Waals surface area (Å²) in [5, 5.41) is 6.23. The van der Waals surface area contributed by atoms with Gasteiger partial charge in [0.1, 0.15) is 5.82 Å². The molecule has 4 N–H and O–H groups in total. The number of hydrogen-bond acceptors (Lipinski definition) is 3. The van der Waals surface area contributed by atoms with Gasteiger partial charge in [0, 0.05) is 23.1 Å². The maximum atomic E-state index is 13.1. The highest BCUT2D eigenvalue weighted by molar-refractivity contribution is 6.42. The van der Waals surface area contributed by atoms with E-state index in [0.717, 1.165) is 11.1 Å². The monoisotopic (exact) mass is 469 g/mol. The van der Waals surface area contributed by atoms with Crippen LogP contribution in [-0.4, -0.2) is 15.6 Å². The van der Waals surface area contributed by atoms with E-state index in [4.69, 9.17) is 28.9 Å². The summed E-state index contributed by atoms with van der Waals surface area (Å²) in [6.45, 7) is 0.461. The van der Waals surface area contributed by atoms with Gasteiger partial charge in [0.15, 0.2) is 0 Å². The molecule has 4 rings (SSSR count). The summed E-state index contributed by atoms with van der Waals surface area (Å²) >= 11 is 11.9. The molecule has 3 aromatic carbocycles. The lowest BCUT2D eigenvalue weighted by atomic mass is 10.1. The predicted molar refractivity (Wildman–Crippen MR) is 127 cm³/mol. The van der Waals surface area contributed by atoms with Crippen LogP contribution in [0.5, 0.6) is 0 Å². The molecule has 0 bridgehead atoms. The van der Waals surface area contributed by atoms with Crippen LogP contribution in [0.3, 0.4) is 0 Å². The smallest absolute Gasteiger partial charge is 0.323 e. The first-order valence-electron chi connectivity index (χ1n) is 9.58. The minimum Gasteiger partial charge on any atom is -0.369 e. The summed E-state index contributed by atoms with van der Waals surface area (Å²) in [5.41, 5.74) is 9.48. The molecule has 0 unspecified atom stereocenters. The van der Waals surface area contributed by atoms with E-state index >= 15 is 0 Å². The Hall–Kier alpha value is -3.55. The van der Waals surface area contributed by atoms with Crippen LogP contribution >= 0.6 is 23.2 Å². The molecule has 0 saturated heterocycles. The van der Waals surface area contributed by atoms with Crippen LogP contribution < -0.4 is 16.4 Å². The molecule has 1 heterocycles. The number of urea groups is 1. The molecule has 32 heavy (non-hydrogen) atoms. The van der Waals surface area contributed by atoms with Crippen LogP contribution in [0.2, 0.25) is 10.0 Å². The fourth-order valence-corrected chi connectivity index (χ4v) is 3.40. The third kappa shape index (κ3) is 5.19. The Kier molecular flexibility index (Phi) is 6.30. The topological polar surface area (TPSA) is 85.0 Å². The first-order valence-corrected chi connectivity index (χ1v) is 10.3.